The molecular weight excluding hydrogens is 370 g/mol. The van der Waals surface area contributed by atoms with Gasteiger partial charge >= 0.3 is 5.97 Å². The van der Waals surface area contributed by atoms with Crippen molar-refractivity contribution in [2.75, 3.05) is 26.3 Å². The van der Waals surface area contributed by atoms with Gasteiger partial charge in [-0.2, -0.15) is 0 Å². The molecule has 3 rings (SSSR count). The number of aliphatic carboxylic acids is 1. The van der Waals surface area contributed by atoms with E-state index in [1.54, 1.807) is 4.90 Å². The van der Waals surface area contributed by atoms with Crippen LogP contribution in [-0.4, -0.2) is 48.2 Å². The van der Waals surface area contributed by atoms with Crippen molar-refractivity contribution in [1.29, 1.82) is 0 Å². The molecule has 1 aliphatic heterocycles. The number of hydrogen-bond acceptors (Lipinski definition) is 4. The Morgan fingerprint density at radius 2 is 1.66 bits per heavy atom. The zero-order chi connectivity index (χ0) is 20.6. The number of rotatable bonds is 9. The molecule has 1 heterocycles. The van der Waals surface area contributed by atoms with E-state index in [0.717, 1.165) is 17.1 Å². The molecule has 0 unspecified atom stereocenters. The maximum absolute atomic E-state index is 12.6. The van der Waals surface area contributed by atoms with Crippen LogP contribution in [0, 0.1) is 5.92 Å². The lowest BCUT2D eigenvalue weighted by Gasteiger charge is -2.16. The van der Waals surface area contributed by atoms with Crippen molar-refractivity contribution in [3.8, 4) is 11.5 Å². The van der Waals surface area contributed by atoms with E-state index in [-0.39, 0.29) is 18.4 Å². The van der Waals surface area contributed by atoms with Gasteiger partial charge in [0.25, 0.3) is 0 Å². The molecule has 1 amide bonds. The van der Waals surface area contributed by atoms with Gasteiger partial charge < -0.3 is 19.5 Å². The molecule has 0 aromatic heterocycles. The van der Waals surface area contributed by atoms with Gasteiger partial charge in [-0.1, -0.05) is 30.3 Å². The van der Waals surface area contributed by atoms with Crippen LogP contribution in [0.3, 0.4) is 0 Å². The zero-order valence-corrected chi connectivity index (χ0v) is 16.6. The van der Waals surface area contributed by atoms with E-state index < -0.39 is 11.9 Å². The Hall–Kier alpha value is -3.02. The summed E-state index contributed by atoms with van der Waals surface area (Å²) in [5, 5.41) is 9.57. The quantitative estimate of drug-likeness (QED) is 0.655. The van der Waals surface area contributed by atoms with E-state index in [4.69, 9.17) is 9.47 Å². The first-order valence-corrected chi connectivity index (χ1v) is 9.99. The Labute approximate surface area is 171 Å². The first-order valence-electron chi connectivity index (χ1n) is 9.99. The maximum atomic E-state index is 12.6. The number of carbonyl (C=O) groups is 2. The SMILES string of the molecule is CCOc1ccc(OCCCC(=O)N2C[C@H](C(=O)O)[C@H](c3ccccc3)C2)cc1. The third-order valence-electron chi connectivity index (χ3n) is 5.16. The Balaban J connectivity index is 1.47. The molecule has 6 heteroatoms. The van der Waals surface area contributed by atoms with Crippen LogP contribution in [0.2, 0.25) is 0 Å². The number of ether oxygens (including phenoxy) is 2. The number of carbonyl (C=O) groups excluding carboxylic acids is 1. The summed E-state index contributed by atoms with van der Waals surface area (Å²) in [4.78, 5) is 25.9. The second-order valence-corrected chi connectivity index (χ2v) is 7.12. The van der Waals surface area contributed by atoms with Gasteiger partial charge in [-0.15, -0.1) is 0 Å². The predicted octanol–water partition coefficient (Wildman–Crippen LogP) is 3.57. The normalized spacial score (nSPS) is 18.4. The fourth-order valence-corrected chi connectivity index (χ4v) is 3.67. The fraction of sp³-hybridized carbons (Fsp3) is 0.391. The van der Waals surface area contributed by atoms with E-state index in [1.807, 2.05) is 61.5 Å². The molecule has 1 aliphatic rings. The third kappa shape index (κ3) is 5.50. The predicted molar refractivity (Wildman–Crippen MR) is 109 cm³/mol. The molecule has 0 radical (unpaired) electrons. The molecule has 154 valence electrons. The van der Waals surface area contributed by atoms with Gasteiger partial charge in [0.15, 0.2) is 0 Å². The largest absolute Gasteiger partial charge is 0.494 e. The van der Waals surface area contributed by atoms with Crippen LogP contribution in [-0.2, 0) is 9.59 Å². The molecule has 0 bridgehead atoms. The highest BCUT2D eigenvalue weighted by atomic mass is 16.5. The van der Waals surface area contributed by atoms with Gasteiger partial charge in [-0.05, 0) is 43.2 Å². The minimum atomic E-state index is -0.854. The average molecular weight is 397 g/mol. The number of benzene rings is 2. The van der Waals surface area contributed by atoms with Crippen LogP contribution < -0.4 is 9.47 Å². The summed E-state index contributed by atoms with van der Waals surface area (Å²) in [5.74, 6) is -0.0839. The number of nitrogens with zero attached hydrogens (tertiary/aromatic N) is 1. The smallest absolute Gasteiger partial charge is 0.308 e. The van der Waals surface area contributed by atoms with Crippen molar-refractivity contribution in [2.24, 2.45) is 5.92 Å². The molecule has 1 fully saturated rings. The molecule has 2 atom stereocenters. The summed E-state index contributed by atoms with van der Waals surface area (Å²) < 4.78 is 11.1. The lowest BCUT2D eigenvalue weighted by Crippen LogP contribution is -2.30. The third-order valence-corrected chi connectivity index (χ3v) is 5.16. The maximum Gasteiger partial charge on any atom is 0.308 e. The van der Waals surface area contributed by atoms with Crippen molar-refractivity contribution in [1.82, 2.24) is 4.90 Å². The van der Waals surface area contributed by atoms with E-state index in [9.17, 15) is 14.7 Å². The lowest BCUT2D eigenvalue weighted by atomic mass is 9.89. The van der Waals surface area contributed by atoms with Crippen molar-refractivity contribution in [3.05, 3.63) is 60.2 Å². The highest BCUT2D eigenvalue weighted by molar-refractivity contribution is 5.79. The van der Waals surface area contributed by atoms with Gasteiger partial charge in [0.1, 0.15) is 11.5 Å². The van der Waals surface area contributed by atoms with E-state index in [0.29, 0.717) is 32.6 Å². The Morgan fingerprint density at radius 1 is 1.00 bits per heavy atom. The summed E-state index contributed by atoms with van der Waals surface area (Å²) in [6.45, 7) is 3.68. The monoisotopic (exact) mass is 397 g/mol. The van der Waals surface area contributed by atoms with Crippen molar-refractivity contribution >= 4 is 11.9 Å². The molecule has 6 nitrogen and oxygen atoms in total. The average Bonchev–Trinajstić information content (AvgIpc) is 3.19. The number of carboxylic acid groups (broad SMARTS) is 1. The summed E-state index contributed by atoms with van der Waals surface area (Å²) in [7, 11) is 0. The Bertz CT molecular complexity index is 806. The molecule has 1 saturated heterocycles. The molecule has 0 spiro atoms. The molecular formula is C23H27NO5. The van der Waals surface area contributed by atoms with Gasteiger partial charge in [0.05, 0.1) is 19.1 Å². The van der Waals surface area contributed by atoms with Gasteiger partial charge in [-0.25, -0.2) is 0 Å². The Kier molecular flexibility index (Phi) is 7.11. The molecule has 0 saturated carbocycles. The topological polar surface area (TPSA) is 76.1 Å². The van der Waals surface area contributed by atoms with Gasteiger partial charge in [0, 0.05) is 25.4 Å². The first-order chi connectivity index (χ1) is 14.1. The molecule has 29 heavy (non-hydrogen) atoms. The summed E-state index contributed by atoms with van der Waals surface area (Å²) >= 11 is 0. The minimum Gasteiger partial charge on any atom is -0.494 e. The molecule has 0 aliphatic carbocycles. The highest BCUT2D eigenvalue weighted by Crippen LogP contribution is 2.33. The Morgan fingerprint density at radius 3 is 2.28 bits per heavy atom. The van der Waals surface area contributed by atoms with Crippen LogP contribution in [0.5, 0.6) is 11.5 Å². The fourth-order valence-electron chi connectivity index (χ4n) is 3.67. The van der Waals surface area contributed by atoms with E-state index >= 15 is 0 Å². The van der Waals surface area contributed by atoms with Crippen LogP contribution in [0.15, 0.2) is 54.6 Å². The van der Waals surface area contributed by atoms with Crippen molar-refractivity contribution < 1.29 is 24.2 Å². The zero-order valence-electron chi connectivity index (χ0n) is 16.6. The lowest BCUT2D eigenvalue weighted by molar-refractivity contribution is -0.141. The van der Waals surface area contributed by atoms with Crippen molar-refractivity contribution in [2.45, 2.75) is 25.7 Å². The first kappa shape index (κ1) is 20.7. The number of amides is 1. The van der Waals surface area contributed by atoms with Crippen molar-refractivity contribution in [3.63, 3.8) is 0 Å². The van der Waals surface area contributed by atoms with Crippen LogP contribution in [0.4, 0.5) is 0 Å². The second kappa shape index (κ2) is 9.96. The summed E-state index contributed by atoms with van der Waals surface area (Å²) in [6.07, 6.45) is 0.918. The number of hydrogen-bond donors (Lipinski definition) is 1. The standard InChI is InChI=1S/C23H27NO5/c1-2-28-18-10-12-19(13-11-18)29-14-6-9-22(25)24-15-20(21(16-24)23(26)27)17-7-4-3-5-8-17/h3-5,7-8,10-13,20-21H,2,6,9,14-16H2,1H3,(H,26,27)/t20-,21-/m0/s1. The summed E-state index contributed by atoms with van der Waals surface area (Å²) in [5.41, 5.74) is 0.967. The second-order valence-electron chi connectivity index (χ2n) is 7.12. The van der Waals surface area contributed by atoms with Crippen LogP contribution >= 0.6 is 0 Å². The summed E-state index contributed by atoms with van der Waals surface area (Å²) in [6, 6.07) is 17.0. The van der Waals surface area contributed by atoms with Crippen LogP contribution in [0.25, 0.3) is 0 Å². The van der Waals surface area contributed by atoms with Gasteiger partial charge in [-0.3, -0.25) is 9.59 Å². The highest BCUT2D eigenvalue weighted by Gasteiger charge is 2.40. The van der Waals surface area contributed by atoms with Crippen LogP contribution in [0.1, 0.15) is 31.2 Å². The van der Waals surface area contributed by atoms with E-state index in [1.165, 1.54) is 0 Å². The molecule has 2 aromatic carbocycles. The number of likely N-dealkylation sites (tertiary alicyclic amines) is 1. The van der Waals surface area contributed by atoms with E-state index in [2.05, 4.69) is 0 Å². The molecule has 2 aromatic rings. The number of carboxylic acids is 1. The molecule has 1 N–H and O–H groups in total. The minimum absolute atomic E-state index is 0.0232. The van der Waals surface area contributed by atoms with Gasteiger partial charge in [0.2, 0.25) is 5.91 Å².